The summed E-state index contributed by atoms with van der Waals surface area (Å²) in [5.41, 5.74) is 1.07. The van der Waals surface area contributed by atoms with Gasteiger partial charge < -0.3 is 14.2 Å². The number of anilines is 1. The average Bonchev–Trinajstić information content (AvgIpc) is 2.66. The molecule has 1 aromatic heterocycles. The third-order valence-corrected chi connectivity index (χ3v) is 4.86. The summed E-state index contributed by atoms with van der Waals surface area (Å²) in [5, 5.41) is 0. The second kappa shape index (κ2) is 8.23. The van der Waals surface area contributed by atoms with Crippen LogP contribution in [-0.2, 0) is 6.54 Å². The lowest BCUT2D eigenvalue weighted by atomic mass is 10.2. The van der Waals surface area contributed by atoms with Gasteiger partial charge in [0.2, 0.25) is 0 Å². The van der Waals surface area contributed by atoms with Gasteiger partial charge in [-0.15, -0.1) is 0 Å². The molecule has 0 atom stereocenters. The molecule has 1 saturated heterocycles. The number of piperazine rings is 1. The normalized spacial score (nSPS) is 15.2. The molecule has 26 heavy (non-hydrogen) atoms. The number of ether oxygens (including phenoxy) is 1. The Balaban J connectivity index is 1.50. The van der Waals surface area contributed by atoms with Gasteiger partial charge in [0.1, 0.15) is 5.75 Å². The molecule has 7 heteroatoms. The Labute approximate surface area is 152 Å². The number of rotatable bonds is 6. The molecular formula is C19H26N4O3. The van der Waals surface area contributed by atoms with E-state index in [-0.39, 0.29) is 11.2 Å². The summed E-state index contributed by atoms with van der Waals surface area (Å²) >= 11 is 0. The molecule has 0 radical (unpaired) electrons. The molecule has 2 aromatic rings. The van der Waals surface area contributed by atoms with Crippen molar-refractivity contribution in [2.24, 2.45) is 0 Å². The quantitative estimate of drug-likeness (QED) is 0.836. The fraction of sp³-hybridized carbons (Fsp3) is 0.474. The van der Waals surface area contributed by atoms with E-state index in [9.17, 15) is 9.59 Å². The fourth-order valence-electron chi connectivity index (χ4n) is 3.35. The van der Waals surface area contributed by atoms with Crippen LogP contribution >= 0.6 is 0 Å². The number of H-pyrrole nitrogens is 1. The first kappa shape index (κ1) is 18.3. The van der Waals surface area contributed by atoms with Gasteiger partial charge in [-0.3, -0.25) is 14.7 Å². The Bertz CT molecular complexity index is 850. The van der Waals surface area contributed by atoms with Crippen LogP contribution in [0.2, 0.25) is 0 Å². The van der Waals surface area contributed by atoms with Crippen molar-refractivity contribution in [3.05, 3.63) is 56.9 Å². The van der Waals surface area contributed by atoms with Gasteiger partial charge in [-0.05, 0) is 32.0 Å². The Hall–Kier alpha value is -2.54. The van der Waals surface area contributed by atoms with Crippen molar-refractivity contribution in [3.8, 4) is 5.75 Å². The smallest absolute Gasteiger partial charge is 0.328 e. The topological polar surface area (TPSA) is 70.6 Å². The summed E-state index contributed by atoms with van der Waals surface area (Å²) in [5.74, 6) is 0.911. The minimum Gasteiger partial charge on any atom is -0.495 e. The van der Waals surface area contributed by atoms with Gasteiger partial charge in [0, 0.05) is 44.5 Å². The van der Waals surface area contributed by atoms with Crippen LogP contribution in [0.3, 0.4) is 0 Å². The van der Waals surface area contributed by atoms with Crippen LogP contribution in [-0.4, -0.2) is 54.3 Å². The van der Waals surface area contributed by atoms with E-state index in [2.05, 4.69) is 20.9 Å². The first-order valence-corrected chi connectivity index (χ1v) is 8.99. The van der Waals surface area contributed by atoms with E-state index >= 15 is 0 Å². The predicted molar refractivity (Wildman–Crippen MR) is 102 cm³/mol. The Morgan fingerprint density at radius 3 is 2.54 bits per heavy atom. The monoisotopic (exact) mass is 358 g/mol. The highest BCUT2D eigenvalue weighted by Gasteiger charge is 2.19. The van der Waals surface area contributed by atoms with Crippen LogP contribution in [0, 0.1) is 6.92 Å². The standard InChI is InChI=1S/C19H26N4O3/c1-15-14-23(19(25)20-18(15)24)9-5-8-21-10-12-22(13-11-21)16-6-3-4-7-17(16)26-2/h3-4,6-7,14H,5,8-13H2,1-2H3,(H,20,24,25). The zero-order valence-electron chi connectivity index (χ0n) is 15.4. The van der Waals surface area contributed by atoms with Gasteiger partial charge in [0.05, 0.1) is 12.8 Å². The van der Waals surface area contributed by atoms with Crippen molar-refractivity contribution in [1.29, 1.82) is 0 Å². The van der Waals surface area contributed by atoms with Crippen molar-refractivity contribution >= 4 is 5.69 Å². The van der Waals surface area contributed by atoms with Crippen LogP contribution in [0.1, 0.15) is 12.0 Å². The zero-order chi connectivity index (χ0) is 18.5. The number of methoxy groups -OCH3 is 1. The van der Waals surface area contributed by atoms with Crippen molar-refractivity contribution in [1.82, 2.24) is 14.5 Å². The van der Waals surface area contributed by atoms with Gasteiger partial charge in [0.15, 0.2) is 0 Å². The average molecular weight is 358 g/mol. The third-order valence-electron chi connectivity index (χ3n) is 4.86. The van der Waals surface area contributed by atoms with Crippen LogP contribution in [0.15, 0.2) is 40.1 Å². The van der Waals surface area contributed by atoms with E-state index in [1.165, 1.54) is 0 Å². The second-order valence-electron chi connectivity index (χ2n) is 6.62. The van der Waals surface area contributed by atoms with Crippen molar-refractivity contribution < 1.29 is 4.74 Å². The molecular weight excluding hydrogens is 332 g/mol. The van der Waals surface area contributed by atoms with Crippen molar-refractivity contribution in [2.45, 2.75) is 19.9 Å². The largest absolute Gasteiger partial charge is 0.495 e. The Kier molecular flexibility index (Phi) is 5.78. The summed E-state index contributed by atoms with van der Waals surface area (Å²) < 4.78 is 7.04. The minimum atomic E-state index is -0.332. The van der Waals surface area contributed by atoms with Crippen LogP contribution in [0.4, 0.5) is 5.69 Å². The maximum absolute atomic E-state index is 11.8. The van der Waals surface area contributed by atoms with E-state index < -0.39 is 0 Å². The van der Waals surface area contributed by atoms with Gasteiger partial charge in [-0.2, -0.15) is 0 Å². The Morgan fingerprint density at radius 2 is 1.81 bits per heavy atom. The molecule has 0 aliphatic carbocycles. The zero-order valence-corrected chi connectivity index (χ0v) is 15.4. The molecule has 2 heterocycles. The number of aryl methyl sites for hydroxylation is 2. The van der Waals surface area contributed by atoms with E-state index in [1.807, 2.05) is 18.2 Å². The van der Waals surface area contributed by atoms with E-state index in [1.54, 1.807) is 24.8 Å². The van der Waals surface area contributed by atoms with Gasteiger partial charge in [-0.25, -0.2) is 4.79 Å². The second-order valence-corrected chi connectivity index (χ2v) is 6.62. The maximum atomic E-state index is 11.8. The summed E-state index contributed by atoms with van der Waals surface area (Å²) in [4.78, 5) is 30.3. The molecule has 0 unspecified atom stereocenters. The molecule has 0 amide bonds. The molecule has 3 rings (SSSR count). The van der Waals surface area contributed by atoms with Crippen molar-refractivity contribution in [2.75, 3.05) is 44.7 Å². The fourth-order valence-corrected chi connectivity index (χ4v) is 3.35. The molecule has 0 bridgehead atoms. The van der Waals surface area contributed by atoms with Crippen LogP contribution < -0.4 is 20.9 Å². The molecule has 140 valence electrons. The number of hydrogen-bond acceptors (Lipinski definition) is 5. The molecule has 1 aliphatic rings. The Morgan fingerprint density at radius 1 is 1.08 bits per heavy atom. The lowest BCUT2D eigenvalue weighted by Crippen LogP contribution is -2.47. The van der Waals surface area contributed by atoms with E-state index in [0.717, 1.165) is 50.6 Å². The van der Waals surface area contributed by atoms with Crippen LogP contribution in [0.25, 0.3) is 0 Å². The van der Waals surface area contributed by atoms with Gasteiger partial charge in [0.25, 0.3) is 5.56 Å². The number of aromatic amines is 1. The van der Waals surface area contributed by atoms with E-state index in [0.29, 0.717) is 12.1 Å². The molecule has 1 N–H and O–H groups in total. The molecule has 1 aliphatic heterocycles. The number of para-hydroxylation sites is 2. The van der Waals surface area contributed by atoms with Gasteiger partial charge in [-0.1, -0.05) is 12.1 Å². The summed E-state index contributed by atoms with van der Waals surface area (Å²) in [6, 6.07) is 8.11. The molecule has 7 nitrogen and oxygen atoms in total. The molecule has 0 saturated carbocycles. The summed E-state index contributed by atoms with van der Waals surface area (Å²) in [7, 11) is 1.70. The first-order valence-electron chi connectivity index (χ1n) is 8.99. The molecule has 1 fully saturated rings. The lowest BCUT2D eigenvalue weighted by molar-refractivity contribution is 0.249. The number of nitrogens with one attached hydrogen (secondary N) is 1. The highest BCUT2D eigenvalue weighted by atomic mass is 16.5. The highest BCUT2D eigenvalue weighted by molar-refractivity contribution is 5.58. The van der Waals surface area contributed by atoms with Crippen molar-refractivity contribution in [3.63, 3.8) is 0 Å². The van der Waals surface area contributed by atoms with E-state index in [4.69, 9.17) is 4.74 Å². The minimum absolute atomic E-state index is 0.307. The summed E-state index contributed by atoms with van der Waals surface area (Å²) in [6.07, 6.45) is 2.51. The third kappa shape index (κ3) is 4.16. The summed E-state index contributed by atoms with van der Waals surface area (Å²) in [6.45, 7) is 7.14. The highest BCUT2D eigenvalue weighted by Crippen LogP contribution is 2.28. The number of aromatic nitrogens is 2. The molecule has 1 aromatic carbocycles. The number of nitrogens with zero attached hydrogens (tertiary/aromatic N) is 3. The van der Waals surface area contributed by atoms with Crippen LogP contribution in [0.5, 0.6) is 5.75 Å². The first-order chi connectivity index (χ1) is 12.6. The maximum Gasteiger partial charge on any atom is 0.328 e. The SMILES string of the molecule is COc1ccccc1N1CCN(CCCn2cc(C)c(=O)[nH]c2=O)CC1. The number of benzene rings is 1. The van der Waals surface area contributed by atoms with Gasteiger partial charge >= 0.3 is 5.69 Å². The predicted octanol–water partition coefficient (Wildman–Crippen LogP) is 1.07. The number of hydrogen-bond donors (Lipinski definition) is 1. The molecule has 0 spiro atoms. The lowest BCUT2D eigenvalue weighted by Gasteiger charge is -2.36.